The van der Waals surface area contributed by atoms with Gasteiger partial charge in [0.15, 0.2) is 9.84 Å². The number of ether oxygens (including phenoxy) is 1. The molecule has 0 aliphatic carbocycles. The lowest BCUT2D eigenvalue weighted by molar-refractivity contribution is -0.113. The third kappa shape index (κ3) is 4.80. The molecule has 0 radical (unpaired) electrons. The molecule has 0 bridgehead atoms. The van der Waals surface area contributed by atoms with E-state index in [1.54, 1.807) is 18.2 Å². The standard InChI is InChI=1S/C14H20N2O4S/c15-8-11-4-1-2-6-13(11)16-14(17)10-21(18,19)9-12-5-3-7-20-12/h1-2,4,6,12H,3,5,7-10,15H2,(H,16,17). The van der Waals surface area contributed by atoms with Crippen molar-refractivity contribution < 1.29 is 17.9 Å². The summed E-state index contributed by atoms with van der Waals surface area (Å²) in [6.45, 7) is 0.870. The lowest BCUT2D eigenvalue weighted by Gasteiger charge is -2.12. The van der Waals surface area contributed by atoms with E-state index < -0.39 is 21.5 Å². The number of benzene rings is 1. The molecule has 1 aromatic rings. The van der Waals surface area contributed by atoms with Crippen LogP contribution in [-0.2, 0) is 25.9 Å². The van der Waals surface area contributed by atoms with Gasteiger partial charge in [-0.15, -0.1) is 0 Å². The van der Waals surface area contributed by atoms with Crippen LogP contribution in [0.25, 0.3) is 0 Å². The molecule has 1 amide bonds. The van der Waals surface area contributed by atoms with Crippen LogP contribution < -0.4 is 11.1 Å². The van der Waals surface area contributed by atoms with Gasteiger partial charge in [0.05, 0.1) is 11.9 Å². The summed E-state index contributed by atoms with van der Waals surface area (Å²) in [6.07, 6.45) is 1.33. The van der Waals surface area contributed by atoms with Crippen LogP contribution in [0.4, 0.5) is 5.69 Å². The summed E-state index contributed by atoms with van der Waals surface area (Å²) in [7, 11) is -3.47. The van der Waals surface area contributed by atoms with Crippen LogP contribution in [0.3, 0.4) is 0 Å². The Bertz CT molecular complexity index is 595. The highest BCUT2D eigenvalue weighted by atomic mass is 32.2. The van der Waals surface area contributed by atoms with Gasteiger partial charge in [-0.1, -0.05) is 18.2 Å². The molecule has 1 heterocycles. The second-order valence-corrected chi connectivity index (χ2v) is 7.21. The molecule has 1 aliphatic heterocycles. The van der Waals surface area contributed by atoms with E-state index >= 15 is 0 Å². The third-order valence-electron chi connectivity index (χ3n) is 3.33. The van der Waals surface area contributed by atoms with Crippen molar-refractivity contribution in [1.82, 2.24) is 0 Å². The normalized spacial score (nSPS) is 18.6. The van der Waals surface area contributed by atoms with Crippen molar-refractivity contribution in [3.05, 3.63) is 29.8 Å². The Kier molecular flexibility index (Phi) is 5.33. The molecule has 1 aromatic carbocycles. The number of hydrogen-bond acceptors (Lipinski definition) is 5. The summed E-state index contributed by atoms with van der Waals surface area (Å²) < 4.78 is 29.2. The first-order valence-electron chi connectivity index (χ1n) is 6.90. The van der Waals surface area contributed by atoms with E-state index in [-0.39, 0.29) is 18.4 Å². The summed E-state index contributed by atoms with van der Waals surface area (Å²) in [6, 6.07) is 7.06. The fourth-order valence-electron chi connectivity index (χ4n) is 2.32. The quantitative estimate of drug-likeness (QED) is 0.805. The van der Waals surface area contributed by atoms with Gasteiger partial charge >= 0.3 is 0 Å². The number of sulfone groups is 1. The number of anilines is 1. The summed E-state index contributed by atoms with van der Waals surface area (Å²) in [4.78, 5) is 11.9. The maximum atomic E-state index is 12.0. The lowest BCUT2D eigenvalue weighted by Crippen LogP contribution is -2.29. The molecule has 21 heavy (non-hydrogen) atoms. The van der Waals surface area contributed by atoms with Crippen molar-refractivity contribution in [2.75, 3.05) is 23.4 Å². The minimum atomic E-state index is -3.47. The molecule has 2 rings (SSSR count). The van der Waals surface area contributed by atoms with Gasteiger partial charge in [0.1, 0.15) is 5.75 Å². The largest absolute Gasteiger partial charge is 0.377 e. The smallest absolute Gasteiger partial charge is 0.239 e. The van der Waals surface area contributed by atoms with Gasteiger partial charge < -0.3 is 15.8 Å². The highest BCUT2D eigenvalue weighted by Gasteiger charge is 2.25. The van der Waals surface area contributed by atoms with Crippen molar-refractivity contribution in [1.29, 1.82) is 0 Å². The van der Waals surface area contributed by atoms with E-state index in [0.29, 0.717) is 12.3 Å². The van der Waals surface area contributed by atoms with Crippen molar-refractivity contribution in [2.45, 2.75) is 25.5 Å². The zero-order valence-corrected chi connectivity index (χ0v) is 12.6. The summed E-state index contributed by atoms with van der Waals surface area (Å²) in [5.74, 6) is -1.18. The topological polar surface area (TPSA) is 98.5 Å². The summed E-state index contributed by atoms with van der Waals surface area (Å²) in [5.41, 5.74) is 6.90. The second-order valence-electron chi connectivity index (χ2n) is 5.10. The molecular weight excluding hydrogens is 292 g/mol. The molecule has 0 saturated carbocycles. The summed E-state index contributed by atoms with van der Waals surface area (Å²) in [5, 5.41) is 2.60. The molecule has 1 atom stereocenters. The predicted octanol–water partition coefficient (Wildman–Crippen LogP) is 0.678. The number of hydrogen-bond donors (Lipinski definition) is 2. The maximum absolute atomic E-state index is 12.0. The fourth-order valence-corrected chi connectivity index (χ4v) is 3.74. The van der Waals surface area contributed by atoms with Crippen LogP contribution in [-0.4, -0.2) is 38.5 Å². The number of amides is 1. The number of para-hydroxylation sites is 1. The van der Waals surface area contributed by atoms with E-state index in [9.17, 15) is 13.2 Å². The Hall–Kier alpha value is -1.44. The van der Waals surface area contributed by atoms with Gasteiger partial charge in [-0.25, -0.2) is 8.42 Å². The molecule has 1 fully saturated rings. The van der Waals surface area contributed by atoms with Crippen molar-refractivity contribution in [3.63, 3.8) is 0 Å². The van der Waals surface area contributed by atoms with Gasteiger partial charge in [0.25, 0.3) is 0 Å². The molecule has 0 spiro atoms. The number of rotatable bonds is 6. The average molecular weight is 312 g/mol. The zero-order valence-electron chi connectivity index (χ0n) is 11.7. The predicted molar refractivity (Wildman–Crippen MR) is 80.6 cm³/mol. The van der Waals surface area contributed by atoms with E-state index in [1.165, 1.54) is 0 Å². The Morgan fingerprint density at radius 1 is 1.38 bits per heavy atom. The van der Waals surface area contributed by atoms with E-state index in [0.717, 1.165) is 18.4 Å². The lowest BCUT2D eigenvalue weighted by atomic mass is 10.2. The van der Waals surface area contributed by atoms with Crippen LogP contribution in [0.5, 0.6) is 0 Å². The Morgan fingerprint density at radius 3 is 2.81 bits per heavy atom. The van der Waals surface area contributed by atoms with E-state index in [4.69, 9.17) is 10.5 Å². The van der Waals surface area contributed by atoms with E-state index in [1.807, 2.05) is 6.07 Å². The van der Waals surface area contributed by atoms with Crippen molar-refractivity contribution in [2.24, 2.45) is 5.73 Å². The SMILES string of the molecule is NCc1ccccc1NC(=O)CS(=O)(=O)CC1CCCO1. The number of carbonyl (C=O) groups is 1. The molecule has 1 saturated heterocycles. The minimum Gasteiger partial charge on any atom is -0.377 e. The van der Waals surface area contributed by atoms with Crippen LogP contribution in [0, 0.1) is 0 Å². The first kappa shape index (κ1) is 15.9. The Balaban J connectivity index is 1.94. The molecule has 0 aromatic heterocycles. The van der Waals surface area contributed by atoms with Gasteiger partial charge in [-0.2, -0.15) is 0 Å². The van der Waals surface area contributed by atoms with Crippen molar-refractivity contribution >= 4 is 21.4 Å². The van der Waals surface area contributed by atoms with E-state index in [2.05, 4.69) is 5.32 Å². The Labute approximate surface area is 124 Å². The van der Waals surface area contributed by atoms with Crippen molar-refractivity contribution in [3.8, 4) is 0 Å². The van der Waals surface area contributed by atoms with Crippen LogP contribution in [0.15, 0.2) is 24.3 Å². The Morgan fingerprint density at radius 2 is 2.14 bits per heavy atom. The molecule has 1 unspecified atom stereocenters. The summed E-state index contributed by atoms with van der Waals surface area (Å²) >= 11 is 0. The maximum Gasteiger partial charge on any atom is 0.239 e. The fraction of sp³-hybridized carbons (Fsp3) is 0.500. The average Bonchev–Trinajstić information content (AvgIpc) is 2.90. The van der Waals surface area contributed by atoms with Gasteiger partial charge in [-0.05, 0) is 24.5 Å². The molecule has 6 nitrogen and oxygen atoms in total. The van der Waals surface area contributed by atoms with Gasteiger partial charge in [-0.3, -0.25) is 4.79 Å². The molecule has 3 N–H and O–H groups in total. The molecular formula is C14H20N2O4S. The monoisotopic (exact) mass is 312 g/mol. The zero-order chi connectivity index (χ0) is 15.3. The molecule has 116 valence electrons. The van der Waals surface area contributed by atoms with Gasteiger partial charge in [0.2, 0.25) is 5.91 Å². The van der Waals surface area contributed by atoms with Crippen LogP contribution >= 0.6 is 0 Å². The van der Waals surface area contributed by atoms with Gasteiger partial charge in [0, 0.05) is 18.8 Å². The molecule has 1 aliphatic rings. The number of carbonyl (C=O) groups excluding carboxylic acids is 1. The van der Waals surface area contributed by atoms with Crippen LogP contribution in [0.1, 0.15) is 18.4 Å². The molecule has 7 heteroatoms. The number of nitrogens with two attached hydrogens (primary N) is 1. The highest BCUT2D eigenvalue weighted by molar-refractivity contribution is 7.92. The first-order valence-corrected chi connectivity index (χ1v) is 8.72. The minimum absolute atomic E-state index is 0.0983. The second kappa shape index (κ2) is 7.02. The van der Waals surface area contributed by atoms with Crippen LogP contribution in [0.2, 0.25) is 0 Å². The third-order valence-corrected chi connectivity index (χ3v) is 4.91. The first-order chi connectivity index (χ1) is 10.00. The highest BCUT2D eigenvalue weighted by Crippen LogP contribution is 2.16. The number of nitrogens with one attached hydrogen (secondary N) is 1.